The lowest BCUT2D eigenvalue weighted by molar-refractivity contribution is -0.253. The molecule has 0 N–H and O–H groups in total. The molecule has 2 fully saturated rings. The zero-order chi connectivity index (χ0) is 21.7. The average molecular weight is 435 g/mol. The van der Waals surface area contributed by atoms with Gasteiger partial charge >= 0.3 is 0 Å². The molecule has 7 heteroatoms. The summed E-state index contributed by atoms with van der Waals surface area (Å²) in [7, 11) is 5.05. The lowest BCUT2D eigenvalue weighted by Gasteiger charge is -2.37. The second kappa shape index (κ2) is 10.4. The molecule has 0 aromatic heterocycles. The summed E-state index contributed by atoms with van der Waals surface area (Å²) in [6.45, 7) is 1.84. The van der Waals surface area contributed by atoms with Gasteiger partial charge in [0.1, 0.15) is 18.6 Å². The molecule has 1 aromatic rings. The Hall–Kier alpha value is -1.48. The Morgan fingerprint density at radius 1 is 1.03 bits per heavy atom. The fraction of sp³-hybridized carbons (Fsp3) is 0.667. The van der Waals surface area contributed by atoms with Crippen molar-refractivity contribution >= 4 is 0 Å². The van der Waals surface area contributed by atoms with Crippen LogP contribution in [0.2, 0.25) is 0 Å². The molecule has 2 saturated heterocycles. The van der Waals surface area contributed by atoms with Gasteiger partial charge in [-0.2, -0.15) is 0 Å². The highest BCUT2D eigenvalue weighted by molar-refractivity contribution is 5.27. The molecule has 0 unspecified atom stereocenters. The lowest BCUT2D eigenvalue weighted by atomic mass is 9.77. The van der Waals surface area contributed by atoms with Gasteiger partial charge in [0.05, 0.1) is 39.1 Å². The second-order valence-electron chi connectivity index (χ2n) is 8.29. The van der Waals surface area contributed by atoms with Crippen LogP contribution in [0.5, 0.6) is 5.75 Å². The first-order chi connectivity index (χ1) is 15.2. The highest BCUT2D eigenvalue weighted by Crippen LogP contribution is 2.51. The molecule has 0 spiro atoms. The van der Waals surface area contributed by atoms with Gasteiger partial charge in [-0.05, 0) is 42.5 Å². The summed E-state index contributed by atoms with van der Waals surface area (Å²) in [5.41, 5.74) is 2.31. The normalized spacial score (nSPS) is 31.9. The molecule has 7 nitrogen and oxygen atoms in total. The van der Waals surface area contributed by atoms with Crippen molar-refractivity contribution in [2.24, 2.45) is 5.92 Å². The minimum absolute atomic E-state index is 0.0186. The molecule has 1 aromatic carbocycles. The van der Waals surface area contributed by atoms with Crippen molar-refractivity contribution in [3.63, 3.8) is 0 Å². The molecule has 31 heavy (non-hydrogen) atoms. The van der Waals surface area contributed by atoms with Crippen LogP contribution in [0.1, 0.15) is 31.2 Å². The molecule has 2 heterocycles. The van der Waals surface area contributed by atoms with E-state index in [-0.39, 0.29) is 31.0 Å². The Balaban J connectivity index is 1.43. The summed E-state index contributed by atoms with van der Waals surface area (Å²) in [5, 5.41) is 0. The third-order valence-electron chi connectivity index (χ3n) is 6.59. The third-order valence-corrected chi connectivity index (χ3v) is 6.59. The summed E-state index contributed by atoms with van der Waals surface area (Å²) in [5.74, 6) is 0.340. The Labute approximate surface area is 184 Å². The number of allylic oxidation sites excluding steroid dienone is 1. The number of fused-ring (bicyclic) bond motifs is 1. The van der Waals surface area contributed by atoms with Gasteiger partial charge in [0.25, 0.3) is 0 Å². The first-order valence-electron chi connectivity index (χ1n) is 11.1. The van der Waals surface area contributed by atoms with Crippen LogP contribution in [-0.4, -0.2) is 65.4 Å². The van der Waals surface area contributed by atoms with E-state index in [2.05, 4.69) is 6.08 Å². The van der Waals surface area contributed by atoms with Gasteiger partial charge in [-0.3, -0.25) is 0 Å². The molecule has 2 bridgehead atoms. The van der Waals surface area contributed by atoms with Gasteiger partial charge in [0.2, 0.25) is 0 Å². The molecular formula is C24H34O7. The van der Waals surface area contributed by atoms with E-state index in [1.165, 1.54) is 5.57 Å². The van der Waals surface area contributed by atoms with E-state index in [1.54, 1.807) is 21.3 Å². The van der Waals surface area contributed by atoms with Gasteiger partial charge < -0.3 is 33.2 Å². The average Bonchev–Trinajstić information content (AvgIpc) is 3.03. The predicted molar refractivity (Wildman–Crippen MR) is 114 cm³/mol. The van der Waals surface area contributed by atoms with Gasteiger partial charge in [-0.1, -0.05) is 18.2 Å². The van der Waals surface area contributed by atoms with E-state index in [4.69, 9.17) is 33.2 Å². The molecule has 172 valence electrons. The van der Waals surface area contributed by atoms with E-state index < -0.39 is 5.79 Å². The fourth-order valence-corrected chi connectivity index (χ4v) is 4.98. The molecule has 4 rings (SSSR count). The minimum Gasteiger partial charge on any atom is -0.497 e. The van der Waals surface area contributed by atoms with Gasteiger partial charge in [0, 0.05) is 26.6 Å². The van der Waals surface area contributed by atoms with Gasteiger partial charge in [-0.15, -0.1) is 0 Å². The van der Waals surface area contributed by atoms with Crippen LogP contribution < -0.4 is 4.74 Å². The molecule has 3 aliphatic rings. The van der Waals surface area contributed by atoms with Crippen molar-refractivity contribution in [3.8, 4) is 5.75 Å². The summed E-state index contributed by atoms with van der Waals surface area (Å²) in [6, 6.07) is 7.98. The maximum absolute atomic E-state index is 6.56. The van der Waals surface area contributed by atoms with E-state index >= 15 is 0 Å². The lowest BCUT2D eigenvalue weighted by Crippen LogP contribution is -2.46. The van der Waals surface area contributed by atoms with Crippen molar-refractivity contribution in [3.05, 3.63) is 41.5 Å². The van der Waals surface area contributed by atoms with Gasteiger partial charge in [-0.25, -0.2) is 0 Å². The maximum atomic E-state index is 6.56. The van der Waals surface area contributed by atoms with Crippen LogP contribution in [-0.2, 0) is 35.0 Å². The number of ether oxygens (including phenoxy) is 7. The topological polar surface area (TPSA) is 64.6 Å². The van der Waals surface area contributed by atoms with Crippen molar-refractivity contribution in [2.75, 3.05) is 41.3 Å². The van der Waals surface area contributed by atoms with Crippen LogP contribution in [0, 0.1) is 5.92 Å². The van der Waals surface area contributed by atoms with Crippen LogP contribution in [0.25, 0.3) is 0 Å². The van der Waals surface area contributed by atoms with E-state index in [1.807, 2.05) is 24.3 Å². The first-order valence-corrected chi connectivity index (χ1v) is 11.1. The van der Waals surface area contributed by atoms with Crippen LogP contribution in [0.3, 0.4) is 0 Å². The molecule has 0 amide bonds. The molecule has 0 radical (unpaired) electrons. The van der Waals surface area contributed by atoms with Gasteiger partial charge in [0.15, 0.2) is 5.79 Å². The van der Waals surface area contributed by atoms with E-state index in [9.17, 15) is 0 Å². The molecule has 0 saturated carbocycles. The Morgan fingerprint density at radius 2 is 1.87 bits per heavy atom. The summed E-state index contributed by atoms with van der Waals surface area (Å²) in [4.78, 5) is 0. The Morgan fingerprint density at radius 3 is 2.61 bits per heavy atom. The number of methoxy groups -OCH3 is 3. The van der Waals surface area contributed by atoms with Crippen molar-refractivity contribution in [1.82, 2.24) is 0 Å². The monoisotopic (exact) mass is 434 g/mol. The van der Waals surface area contributed by atoms with Crippen LogP contribution in [0.15, 0.2) is 35.9 Å². The van der Waals surface area contributed by atoms with Crippen LogP contribution >= 0.6 is 0 Å². The molecule has 2 aliphatic heterocycles. The number of hydrogen-bond acceptors (Lipinski definition) is 7. The van der Waals surface area contributed by atoms with E-state index in [0.29, 0.717) is 26.2 Å². The fourth-order valence-electron chi connectivity index (χ4n) is 4.98. The maximum Gasteiger partial charge on any atom is 0.195 e. The SMILES string of the molecule is COCCOCO[C@@H]1CC[C@]2(OC)O[C@H]3C1=CCC[C@H]3[C@H]2OCc1ccc(OC)cc1. The van der Waals surface area contributed by atoms with Crippen LogP contribution in [0.4, 0.5) is 0 Å². The van der Waals surface area contributed by atoms with E-state index in [0.717, 1.165) is 30.6 Å². The zero-order valence-corrected chi connectivity index (χ0v) is 18.7. The quantitative estimate of drug-likeness (QED) is 0.300. The summed E-state index contributed by atoms with van der Waals surface area (Å²) >= 11 is 0. The smallest absolute Gasteiger partial charge is 0.195 e. The third kappa shape index (κ3) is 4.82. The number of rotatable bonds is 11. The first kappa shape index (κ1) is 22.7. The zero-order valence-electron chi connectivity index (χ0n) is 18.7. The highest BCUT2D eigenvalue weighted by Gasteiger charge is 2.60. The van der Waals surface area contributed by atoms with Crippen molar-refractivity contribution < 1.29 is 33.2 Å². The standard InChI is InChI=1S/C24H34O7/c1-25-13-14-28-16-30-21-11-12-24(27-3)23(20-6-4-5-19(21)22(20)31-24)29-15-17-7-9-18(26-2)10-8-17/h5,7-10,20-23H,4,6,11-16H2,1-3H3/t20-,21-,22+,23-,24+/m1/s1. The summed E-state index contributed by atoms with van der Waals surface area (Å²) in [6.07, 6.45) is 5.63. The predicted octanol–water partition coefficient (Wildman–Crippen LogP) is 3.46. The second-order valence-corrected chi connectivity index (χ2v) is 8.29. The number of hydrogen-bond donors (Lipinski definition) is 0. The number of benzene rings is 1. The Bertz CT molecular complexity index is 734. The molecule has 5 atom stereocenters. The minimum atomic E-state index is -0.750. The molecular weight excluding hydrogens is 400 g/mol. The van der Waals surface area contributed by atoms with Crippen molar-refractivity contribution in [2.45, 2.75) is 56.4 Å². The van der Waals surface area contributed by atoms with Crippen molar-refractivity contribution in [1.29, 1.82) is 0 Å². The largest absolute Gasteiger partial charge is 0.497 e. The summed E-state index contributed by atoms with van der Waals surface area (Å²) < 4.78 is 40.9. The molecule has 1 aliphatic carbocycles. The highest BCUT2D eigenvalue weighted by atomic mass is 16.7. The Kier molecular flexibility index (Phi) is 7.63.